The number of likely N-dealkylation sites (tertiary alicyclic amines) is 1. The predicted molar refractivity (Wildman–Crippen MR) is 92.1 cm³/mol. The number of urea groups is 1. The molecular formula is C18H27N3O3. The monoisotopic (exact) mass is 333 g/mol. The van der Waals surface area contributed by atoms with Crippen LogP contribution >= 0.6 is 0 Å². The number of benzene rings is 1. The van der Waals surface area contributed by atoms with E-state index in [4.69, 9.17) is 10.5 Å². The molecule has 1 heterocycles. The van der Waals surface area contributed by atoms with Crippen LogP contribution in [-0.2, 0) is 22.7 Å². The van der Waals surface area contributed by atoms with E-state index in [1.165, 1.54) is 0 Å². The zero-order chi connectivity index (χ0) is 17.5. The summed E-state index contributed by atoms with van der Waals surface area (Å²) in [6, 6.07) is 7.92. The molecule has 1 aromatic rings. The van der Waals surface area contributed by atoms with Gasteiger partial charge in [-0.25, -0.2) is 4.79 Å². The Bertz CT molecular complexity index is 566. The minimum atomic E-state index is -0.268. The number of hydrogen-bond donors (Lipinski definition) is 2. The van der Waals surface area contributed by atoms with Crippen LogP contribution in [0.1, 0.15) is 37.8 Å². The molecule has 1 fully saturated rings. The molecule has 1 aliphatic rings. The Balaban J connectivity index is 1.79. The molecule has 0 atom stereocenters. The van der Waals surface area contributed by atoms with E-state index in [1.807, 2.05) is 38.1 Å². The van der Waals surface area contributed by atoms with E-state index in [-0.39, 0.29) is 24.0 Å². The highest BCUT2D eigenvalue weighted by atomic mass is 16.5. The molecule has 1 aliphatic heterocycles. The van der Waals surface area contributed by atoms with E-state index < -0.39 is 0 Å². The molecule has 0 aromatic heterocycles. The van der Waals surface area contributed by atoms with Gasteiger partial charge in [-0.05, 0) is 37.8 Å². The molecule has 24 heavy (non-hydrogen) atoms. The van der Waals surface area contributed by atoms with Crippen molar-refractivity contribution in [3.8, 4) is 0 Å². The Kier molecular flexibility index (Phi) is 6.61. The maximum atomic E-state index is 12.2. The van der Waals surface area contributed by atoms with Crippen LogP contribution in [0.2, 0.25) is 0 Å². The number of nitrogens with zero attached hydrogens (tertiary/aromatic N) is 1. The van der Waals surface area contributed by atoms with Gasteiger partial charge < -0.3 is 20.7 Å². The molecule has 1 saturated heterocycles. The zero-order valence-corrected chi connectivity index (χ0v) is 14.5. The largest absolute Gasteiger partial charge is 0.374 e. The number of hydrogen-bond acceptors (Lipinski definition) is 3. The van der Waals surface area contributed by atoms with Gasteiger partial charge in [0.05, 0.1) is 12.7 Å². The average molecular weight is 333 g/mol. The predicted octanol–water partition coefficient (Wildman–Crippen LogP) is 2.02. The van der Waals surface area contributed by atoms with E-state index in [0.717, 1.165) is 11.1 Å². The average Bonchev–Trinajstić information content (AvgIpc) is 2.58. The van der Waals surface area contributed by atoms with Crippen LogP contribution in [-0.4, -0.2) is 36.0 Å². The summed E-state index contributed by atoms with van der Waals surface area (Å²) < 4.78 is 5.60. The summed E-state index contributed by atoms with van der Waals surface area (Å²) in [5, 5.41) is 2.93. The van der Waals surface area contributed by atoms with Crippen molar-refractivity contribution in [3.63, 3.8) is 0 Å². The SMILES string of the molecule is CC(C)OCc1cccc(CNC(=O)N2CCC(C(N)=O)CC2)c1. The summed E-state index contributed by atoms with van der Waals surface area (Å²) in [4.78, 5) is 25.1. The first kappa shape index (κ1) is 18.3. The van der Waals surface area contributed by atoms with Gasteiger partial charge in [-0.3, -0.25) is 4.79 Å². The van der Waals surface area contributed by atoms with E-state index in [0.29, 0.717) is 39.1 Å². The van der Waals surface area contributed by atoms with Crippen LogP contribution < -0.4 is 11.1 Å². The lowest BCUT2D eigenvalue weighted by atomic mass is 9.96. The number of nitrogens with one attached hydrogen (secondary N) is 1. The molecule has 132 valence electrons. The van der Waals surface area contributed by atoms with E-state index in [9.17, 15) is 9.59 Å². The Morgan fingerprint density at radius 1 is 1.29 bits per heavy atom. The molecule has 6 nitrogen and oxygen atoms in total. The van der Waals surface area contributed by atoms with Crippen LogP contribution in [0.25, 0.3) is 0 Å². The second kappa shape index (κ2) is 8.68. The van der Waals surface area contributed by atoms with Gasteiger partial charge in [-0.1, -0.05) is 24.3 Å². The number of primary amides is 1. The minimum Gasteiger partial charge on any atom is -0.374 e. The van der Waals surface area contributed by atoms with Gasteiger partial charge in [0, 0.05) is 25.6 Å². The van der Waals surface area contributed by atoms with Gasteiger partial charge in [0.1, 0.15) is 0 Å². The number of nitrogens with two attached hydrogens (primary N) is 1. The first-order valence-electron chi connectivity index (χ1n) is 8.47. The summed E-state index contributed by atoms with van der Waals surface area (Å²) in [5.74, 6) is -0.373. The fourth-order valence-electron chi connectivity index (χ4n) is 2.75. The fourth-order valence-corrected chi connectivity index (χ4v) is 2.75. The molecule has 0 radical (unpaired) electrons. The summed E-state index contributed by atoms with van der Waals surface area (Å²) in [6.45, 7) is 6.20. The second-order valence-corrected chi connectivity index (χ2v) is 6.50. The lowest BCUT2D eigenvalue weighted by Crippen LogP contribution is -2.46. The van der Waals surface area contributed by atoms with Crippen LogP contribution in [0.15, 0.2) is 24.3 Å². The molecule has 0 aliphatic carbocycles. The Hall–Kier alpha value is -2.08. The van der Waals surface area contributed by atoms with Crippen molar-refractivity contribution in [3.05, 3.63) is 35.4 Å². The number of rotatable bonds is 6. The first-order valence-corrected chi connectivity index (χ1v) is 8.47. The fraction of sp³-hybridized carbons (Fsp3) is 0.556. The van der Waals surface area contributed by atoms with Crippen LogP contribution in [0.5, 0.6) is 0 Å². The topological polar surface area (TPSA) is 84.7 Å². The number of amides is 3. The van der Waals surface area contributed by atoms with Crippen molar-refractivity contribution in [1.82, 2.24) is 10.2 Å². The van der Waals surface area contributed by atoms with Crippen LogP contribution in [0, 0.1) is 5.92 Å². The van der Waals surface area contributed by atoms with Gasteiger partial charge in [0.25, 0.3) is 0 Å². The zero-order valence-electron chi connectivity index (χ0n) is 14.5. The quantitative estimate of drug-likeness (QED) is 0.835. The van der Waals surface area contributed by atoms with Crippen molar-refractivity contribution in [2.24, 2.45) is 11.7 Å². The third-order valence-electron chi connectivity index (χ3n) is 4.20. The normalized spacial score (nSPS) is 15.5. The van der Waals surface area contributed by atoms with Gasteiger partial charge in [0.2, 0.25) is 5.91 Å². The lowest BCUT2D eigenvalue weighted by Gasteiger charge is -2.30. The summed E-state index contributed by atoms with van der Waals surface area (Å²) >= 11 is 0. The molecule has 0 unspecified atom stereocenters. The standard InChI is InChI=1S/C18H27N3O3/c1-13(2)24-12-15-5-3-4-14(10-15)11-20-18(23)21-8-6-16(7-9-21)17(19)22/h3-5,10,13,16H,6-9,11-12H2,1-2H3,(H2,19,22)(H,20,23). The van der Waals surface area contributed by atoms with Gasteiger partial charge in [0.15, 0.2) is 0 Å². The first-order chi connectivity index (χ1) is 11.5. The molecule has 3 amide bonds. The summed E-state index contributed by atoms with van der Waals surface area (Å²) in [7, 11) is 0. The maximum absolute atomic E-state index is 12.2. The Labute approximate surface area is 143 Å². The van der Waals surface area contributed by atoms with Crippen molar-refractivity contribution in [1.29, 1.82) is 0 Å². The van der Waals surface area contributed by atoms with E-state index in [2.05, 4.69) is 5.32 Å². The number of ether oxygens (including phenoxy) is 1. The lowest BCUT2D eigenvalue weighted by molar-refractivity contribution is -0.123. The molecule has 1 aromatic carbocycles. The molecule has 2 rings (SSSR count). The highest BCUT2D eigenvalue weighted by Gasteiger charge is 2.25. The maximum Gasteiger partial charge on any atom is 0.317 e. The second-order valence-electron chi connectivity index (χ2n) is 6.50. The molecule has 0 saturated carbocycles. The third kappa shape index (κ3) is 5.53. The van der Waals surface area contributed by atoms with Gasteiger partial charge in [-0.15, -0.1) is 0 Å². The molecule has 0 spiro atoms. The van der Waals surface area contributed by atoms with Crippen LogP contribution in [0.3, 0.4) is 0 Å². The van der Waals surface area contributed by atoms with Crippen LogP contribution in [0.4, 0.5) is 4.79 Å². The number of piperidine rings is 1. The van der Waals surface area contributed by atoms with Crippen molar-refractivity contribution in [2.45, 2.75) is 45.9 Å². The van der Waals surface area contributed by atoms with Gasteiger partial charge >= 0.3 is 6.03 Å². The van der Waals surface area contributed by atoms with Crippen molar-refractivity contribution >= 4 is 11.9 Å². The highest BCUT2D eigenvalue weighted by molar-refractivity contribution is 5.78. The molecule has 3 N–H and O–H groups in total. The smallest absolute Gasteiger partial charge is 0.317 e. The Morgan fingerprint density at radius 3 is 2.58 bits per heavy atom. The number of carbonyl (C=O) groups excluding carboxylic acids is 2. The molecular weight excluding hydrogens is 306 g/mol. The molecule has 6 heteroatoms. The highest BCUT2D eigenvalue weighted by Crippen LogP contribution is 2.16. The van der Waals surface area contributed by atoms with Gasteiger partial charge in [-0.2, -0.15) is 0 Å². The minimum absolute atomic E-state index is 0.0956. The summed E-state index contributed by atoms with van der Waals surface area (Å²) in [6.07, 6.45) is 1.48. The Morgan fingerprint density at radius 2 is 1.96 bits per heavy atom. The van der Waals surface area contributed by atoms with Crippen molar-refractivity contribution < 1.29 is 14.3 Å². The number of carbonyl (C=O) groups is 2. The molecule has 0 bridgehead atoms. The third-order valence-corrected chi connectivity index (χ3v) is 4.20. The van der Waals surface area contributed by atoms with E-state index in [1.54, 1.807) is 4.90 Å². The summed E-state index contributed by atoms with van der Waals surface area (Å²) in [5.41, 5.74) is 7.45. The van der Waals surface area contributed by atoms with E-state index >= 15 is 0 Å². The van der Waals surface area contributed by atoms with Crippen molar-refractivity contribution in [2.75, 3.05) is 13.1 Å².